The van der Waals surface area contributed by atoms with Crippen LogP contribution in [0.2, 0.25) is 0 Å². The van der Waals surface area contributed by atoms with Crippen molar-refractivity contribution in [1.82, 2.24) is 4.90 Å². The van der Waals surface area contributed by atoms with Crippen LogP contribution in [0.5, 0.6) is 0 Å². The first-order valence-electron chi connectivity index (χ1n) is 6.01. The molecular weight excluding hydrogens is 206 g/mol. The van der Waals surface area contributed by atoms with Gasteiger partial charge in [-0.25, -0.2) is 0 Å². The molecule has 0 fully saturated rings. The average Bonchev–Trinajstić information content (AvgIpc) is 2.23. The van der Waals surface area contributed by atoms with Crippen molar-refractivity contribution in [3.8, 4) is 0 Å². The molecule has 0 aromatic carbocycles. The van der Waals surface area contributed by atoms with E-state index >= 15 is 0 Å². The van der Waals surface area contributed by atoms with Crippen LogP contribution in [0.4, 0.5) is 0 Å². The molecule has 1 atom stereocenters. The molecule has 1 heteroatoms. The molecule has 0 aromatic heterocycles. The second-order valence-electron chi connectivity index (χ2n) is 5.31. The van der Waals surface area contributed by atoms with Gasteiger partial charge in [0.05, 0.1) is 5.54 Å². The van der Waals surface area contributed by atoms with Gasteiger partial charge in [-0.05, 0) is 46.6 Å². The third-order valence-corrected chi connectivity index (χ3v) is 3.39. The zero-order valence-corrected chi connectivity index (χ0v) is 12.4. The number of hydrogen-bond donors (Lipinski definition) is 0. The van der Waals surface area contributed by atoms with E-state index in [2.05, 4.69) is 58.5 Å². The summed E-state index contributed by atoms with van der Waals surface area (Å²) in [6.07, 6.45) is 3.16. The SMILES string of the molecule is C=C(C)C(=C)C(C)(CC=C(C)C)N(C)C(=C)C. The van der Waals surface area contributed by atoms with E-state index in [1.54, 1.807) is 0 Å². The molecule has 0 aliphatic rings. The third kappa shape index (κ3) is 3.92. The van der Waals surface area contributed by atoms with Crippen LogP contribution < -0.4 is 0 Å². The van der Waals surface area contributed by atoms with Crippen molar-refractivity contribution < 1.29 is 0 Å². The van der Waals surface area contributed by atoms with Gasteiger partial charge in [0, 0.05) is 12.7 Å². The molecule has 0 rings (SSSR count). The van der Waals surface area contributed by atoms with Crippen molar-refractivity contribution in [2.24, 2.45) is 0 Å². The monoisotopic (exact) mass is 233 g/mol. The van der Waals surface area contributed by atoms with Gasteiger partial charge < -0.3 is 4.90 Å². The lowest BCUT2D eigenvalue weighted by Crippen LogP contribution is -2.44. The summed E-state index contributed by atoms with van der Waals surface area (Å²) in [5.74, 6) is 0. The Morgan fingerprint density at radius 1 is 1.12 bits per heavy atom. The van der Waals surface area contributed by atoms with Crippen LogP contribution in [-0.4, -0.2) is 17.5 Å². The minimum absolute atomic E-state index is 0.144. The molecule has 0 aliphatic carbocycles. The molecule has 0 aromatic rings. The van der Waals surface area contributed by atoms with E-state index < -0.39 is 0 Å². The summed E-state index contributed by atoms with van der Waals surface area (Å²) in [5.41, 5.74) is 4.32. The fourth-order valence-electron chi connectivity index (χ4n) is 1.75. The van der Waals surface area contributed by atoms with Gasteiger partial charge in [-0.1, -0.05) is 37.0 Å². The Morgan fingerprint density at radius 2 is 1.59 bits per heavy atom. The van der Waals surface area contributed by atoms with Crippen molar-refractivity contribution in [2.75, 3.05) is 7.05 Å². The summed E-state index contributed by atoms with van der Waals surface area (Å²) in [4.78, 5) is 2.18. The van der Waals surface area contributed by atoms with Crippen molar-refractivity contribution >= 4 is 0 Å². The molecule has 1 nitrogen and oxygen atoms in total. The summed E-state index contributed by atoms with van der Waals surface area (Å²) >= 11 is 0. The molecule has 0 aliphatic heterocycles. The fourth-order valence-corrected chi connectivity index (χ4v) is 1.75. The molecule has 0 radical (unpaired) electrons. The minimum atomic E-state index is -0.144. The van der Waals surface area contributed by atoms with Crippen LogP contribution in [0.15, 0.2) is 48.2 Å². The highest BCUT2D eigenvalue weighted by molar-refractivity contribution is 5.35. The first-order valence-corrected chi connectivity index (χ1v) is 6.01. The largest absolute Gasteiger partial charge is 0.369 e. The van der Waals surface area contributed by atoms with E-state index in [9.17, 15) is 0 Å². The topological polar surface area (TPSA) is 3.24 Å². The van der Waals surface area contributed by atoms with Gasteiger partial charge in [-0.2, -0.15) is 0 Å². The van der Waals surface area contributed by atoms with Crippen LogP contribution in [-0.2, 0) is 0 Å². The standard InChI is InChI=1S/C16H27N/c1-12(2)10-11-16(8,15(7)13(3)4)17(9)14(5)6/h10H,3,5,7,11H2,1-2,4,6,8-9H3. The van der Waals surface area contributed by atoms with Gasteiger partial charge in [0.15, 0.2) is 0 Å². The third-order valence-electron chi connectivity index (χ3n) is 3.39. The van der Waals surface area contributed by atoms with Gasteiger partial charge in [0.25, 0.3) is 0 Å². The Morgan fingerprint density at radius 3 is 1.88 bits per heavy atom. The Kier molecular flexibility index (Phi) is 5.47. The Balaban J connectivity index is 5.35. The van der Waals surface area contributed by atoms with Gasteiger partial charge in [0.2, 0.25) is 0 Å². The second kappa shape index (κ2) is 5.90. The zero-order chi connectivity index (χ0) is 13.8. The van der Waals surface area contributed by atoms with Crippen molar-refractivity contribution in [1.29, 1.82) is 0 Å². The Hall–Kier alpha value is -1.24. The number of allylic oxidation sites excluding steroid dienone is 2. The smallest absolute Gasteiger partial charge is 0.0650 e. The quantitative estimate of drug-likeness (QED) is 0.475. The lowest BCUT2D eigenvalue weighted by atomic mass is 9.83. The number of hydrogen-bond acceptors (Lipinski definition) is 1. The summed E-state index contributed by atoms with van der Waals surface area (Å²) in [6, 6.07) is 0. The number of likely N-dealkylation sites (N-methyl/N-ethyl adjacent to an activating group) is 1. The molecule has 1 unspecified atom stereocenters. The molecule has 96 valence electrons. The maximum absolute atomic E-state index is 4.20. The van der Waals surface area contributed by atoms with E-state index in [-0.39, 0.29) is 5.54 Å². The summed E-state index contributed by atoms with van der Waals surface area (Å²) < 4.78 is 0. The highest BCUT2D eigenvalue weighted by atomic mass is 15.2. The Bertz CT molecular complexity index is 356. The van der Waals surface area contributed by atoms with Crippen LogP contribution in [0, 0.1) is 0 Å². The molecule has 0 saturated carbocycles. The first-order chi connectivity index (χ1) is 7.62. The number of rotatable bonds is 6. The lowest BCUT2D eigenvalue weighted by Gasteiger charge is -2.42. The highest BCUT2D eigenvalue weighted by Gasteiger charge is 2.31. The predicted molar refractivity (Wildman–Crippen MR) is 79.0 cm³/mol. The van der Waals surface area contributed by atoms with Crippen molar-refractivity contribution in [2.45, 2.75) is 46.6 Å². The maximum Gasteiger partial charge on any atom is 0.0650 e. The Labute approximate surface area is 107 Å². The first kappa shape index (κ1) is 15.8. The normalized spacial score (nSPS) is 13.5. The van der Waals surface area contributed by atoms with Crippen LogP contribution >= 0.6 is 0 Å². The fraction of sp³-hybridized carbons (Fsp3) is 0.500. The van der Waals surface area contributed by atoms with Gasteiger partial charge in [-0.15, -0.1) is 0 Å². The minimum Gasteiger partial charge on any atom is -0.369 e. The molecule has 0 spiro atoms. The van der Waals surface area contributed by atoms with Crippen LogP contribution in [0.1, 0.15) is 41.0 Å². The molecule has 0 heterocycles. The van der Waals surface area contributed by atoms with Gasteiger partial charge in [0.1, 0.15) is 0 Å². The van der Waals surface area contributed by atoms with Crippen molar-refractivity contribution in [3.63, 3.8) is 0 Å². The maximum atomic E-state index is 4.20. The summed E-state index contributed by atoms with van der Waals surface area (Å²) in [5, 5.41) is 0. The molecular formula is C16H27N. The molecule has 0 bridgehead atoms. The van der Waals surface area contributed by atoms with E-state index in [1.165, 1.54) is 5.57 Å². The number of nitrogens with zero attached hydrogens (tertiary/aromatic N) is 1. The van der Waals surface area contributed by atoms with E-state index in [0.717, 1.165) is 23.3 Å². The average molecular weight is 233 g/mol. The summed E-state index contributed by atoms with van der Waals surface area (Å²) in [6.45, 7) is 22.7. The van der Waals surface area contributed by atoms with Gasteiger partial charge in [-0.3, -0.25) is 0 Å². The molecule has 17 heavy (non-hydrogen) atoms. The predicted octanol–water partition coefficient (Wildman–Crippen LogP) is 4.70. The van der Waals surface area contributed by atoms with E-state index in [4.69, 9.17) is 0 Å². The lowest BCUT2D eigenvalue weighted by molar-refractivity contribution is 0.230. The van der Waals surface area contributed by atoms with Gasteiger partial charge >= 0.3 is 0 Å². The molecule has 0 saturated heterocycles. The second-order valence-corrected chi connectivity index (χ2v) is 5.31. The zero-order valence-electron chi connectivity index (χ0n) is 12.4. The highest BCUT2D eigenvalue weighted by Crippen LogP contribution is 2.33. The van der Waals surface area contributed by atoms with Crippen molar-refractivity contribution in [3.05, 3.63) is 48.2 Å². The van der Waals surface area contributed by atoms with E-state index in [0.29, 0.717) is 0 Å². The van der Waals surface area contributed by atoms with Crippen LogP contribution in [0.25, 0.3) is 0 Å². The summed E-state index contributed by atoms with van der Waals surface area (Å²) in [7, 11) is 2.06. The van der Waals surface area contributed by atoms with E-state index in [1.807, 2.05) is 13.8 Å². The molecule has 0 N–H and O–H groups in total. The van der Waals surface area contributed by atoms with Crippen LogP contribution in [0.3, 0.4) is 0 Å². The molecule has 0 amide bonds.